The number of halogens is 3. The molecule has 1 heterocycles. The fourth-order valence-corrected chi connectivity index (χ4v) is 4.60. The Morgan fingerprint density at radius 2 is 1.94 bits per heavy atom. The van der Waals surface area contributed by atoms with Crippen molar-refractivity contribution in [2.75, 3.05) is 0 Å². The SMILES string of the molecule is Cc1cc(Cl)cc(C(=O)c2cc(Br)sc2Br)c1. The minimum Gasteiger partial charge on any atom is -0.289 e. The van der Waals surface area contributed by atoms with Gasteiger partial charge >= 0.3 is 0 Å². The van der Waals surface area contributed by atoms with Gasteiger partial charge in [0.25, 0.3) is 0 Å². The summed E-state index contributed by atoms with van der Waals surface area (Å²) in [6.45, 7) is 1.92. The summed E-state index contributed by atoms with van der Waals surface area (Å²) in [5.41, 5.74) is 2.25. The maximum atomic E-state index is 12.3. The average molecular weight is 395 g/mol. The molecular formula is C12H7Br2ClOS. The first-order valence-corrected chi connectivity index (χ1v) is 7.52. The summed E-state index contributed by atoms with van der Waals surface area (Å²) in [6.07, 6.45) is 0. The van der Waals surface area contributed by atoms with Crippen molar-refractivity contribution >= 4 is 60.6 Å². The molecule has 5 heteroatoms. The van der Waals surface area contributed by atoms with E-state index in [0.29, 0.717) is 16.1 Å². The predicted octanol–water partition coefficient (Wildman–Crippen LogP) is 5.47. The van der Waals surface area contributed by atoms with Crippen molar-refractivity contribution in [2.24, 2.45) is 0 Å². The molecule has 88 valence electrons. The van der Waals surface area contributed by atoms with Crippen LogP contribution >= 0.6 is 54.8 Å². The summed E-state index contributed by atoms with van der Waals surface area (Å²) in [7, 11) is 0. The quantitative estimate of drug-likeness (QED) is 0.618. The predicted molar refractivity (Wildman–Crippen MR) is 79.3 cm³/mol. The van der Waals surface area contributed by atoms with Crippen LogP contribution in [0, 0.1) is 6.92 Å². The van der Waals surface area contributed by atoms with Gasteiger partial charge in [-0.2, -0.15) is 0 Å². The topological polar surface area (TPSA) is 17.1 Å². The smallest absolute Gasteiger partial charge is 0.195 e. The van der Waals surface area contributed by atoms with E-state index in [2.05, 4.69) is 31.9 Å². The molecule has 0 atom stereocenters. The highest BCUT2D eigenvalue weighted by Crippen LogP contribution is 2.33. The van der Waals surface area contributed by atoms with E-state index in [1.165, 1.54) is 11.3 Å². The molecule has 0 aliphatic rings. The third-order valence-electron chi connectivity index (χ3n) is 2.21. The van der Waals surface area contributed by atoms with Crippen LogP contribution in [0.4, 0.5) is 0 Å². The zero-order valence-corrected chi connectivity index (χ0v) is 13.5. The van der Waals surface area contributed by atoms with Gasteiger partial charge in [0.05, 0.1) is 7.57 Å². The van der Waals surface area contributed by atoms with E-state index < -0.39 is 0 Å². The molecule has 2 aromatic rings. The summed E-state index contributed by atoms with van der Waals surface area (Å²) >= 11 is 14.2. The monoisotopic (exact) mass is 392 g/mol. The summed E-state index contributed by atoms with van der Waals surface area (Å²) in [5.74, 6) is -0.0237. The van der Waals surface area contributed by atoms with Gasteiger partial charge in [-0.3, -0.25) is 4.79 Å². The Kier molecular flexibility index (Phi) is 4.08. The van der Waals surface area contributed by atoms with Crippen molar-refractivity contribution in [1.82, 2.24) is 0 Å². The second-order valence-electron chi connectivity index (χ2n) is 3.58. The van der Waals surface area contributed by atoms with Gasteiger partial charge in [0.15, 0.2) is 5.78 Å². The Bertz CT molecular complexity index is 572. The Morgan fingerprint density at radius 3 is 2.47 bits per heavy atom. The number of hydrogen-bond donors (Lipinski definition) is 0. The lowest BCUT2D eigenvalue weighted by Crippen LogP contribution is -2.00. The lowest BCUT2D eigenvalue weighted by molar-refractivity contribution is 0.103. The number of benzene rings is 1. The number of aryl methyl sites for hydroxylation is 1. The molecule has 0 fully saturated rings. The molecule has 1 nitrogen and oxygen atoms in total. The van der Waals surface area contributed by atoms with E-state index in [4.69, 9.17) is 11.6 Å². The zero-order valence-electron chi connectivity index (χ0n) is 8.76. The van der Waals surface area contributed by atoms with E-state index in [-0.39, 0.29) is 5.78 Å². The second-order valence-corrected chi connectivity index (χ2v) is 7.77. The van der Waals surface area contributed by atoms with Crippen molar-refractivity contribution in [3.05, 3.63) is 53.6 Å². The van der Waals surface area contributed by atoms with E-state index in [1.54, 1.807) is 6.07 Å². The molecule has 0 N–H and O–H groups in total. The zero-order chi connectivity index (χ0) is 12.6. The Hall–Kier alpha value is -0.160. The normalized spacial score (nSPS) is 10.6. The van der Waals surface area contributed by atoms with Gasteiger partial charge in [-0.05, 0) is 68.6 Å². The minimum absolute atomic E-state index is 0.0237. The van der Waals surface area contributed by atoms with Crippen molar-refractivity contribution in [3.63, 3.8) is 0 Å². The van der Waals surface area contributed by atoms with Gasteiger partial charge in [0.2, 0.25) is 0 Å². The van der Waals surface area contributed by atoms with E-state index in [1.807, 2.05) is 25.1 Å². The summed E-state index contributed by atoms with van der Waals surface area (Å²) < 4.78 is 1.75. The number of thiophene rings is 1. The Morgan fingerprint density at radius 1 is 1.24 bits per heavy atom. The van der Waals surface area contributed by atoms with Crippen molar-refractivity contribution < 1.29 is 4.79 Å². The van der Waals surface area contributed by atoms with E-state index in [9.17, 15) is 4.79 Å². The largest absolute Gasteiger partial charge is 0.289 e. The third-order valence-corrected chi connectivity index (χ3v) is 4.76. The molecular weight excluding hydrogens is 387 g/mol. The number of carbonyl (C=O) groups is 1. The molecule has 0 amide bonds. The summed E-state index contributed by atoms with van der Waals surface area (Å²) in [5, 5.41) is 0.582. The van der Waals surface area contributed by atoms with Crippen LogP contribution in [-0.4, -0.2) is 5.78 Å². The lowest BCUT2D eigenvalue weighted by Gasteiger charge is -2.02. The average Bonchev–Trinajstić information content (AvgIpc) is 2.55. The second kappa shape index (κ2) is 5.22. The van der Waals surface area contributed by atoms with Crippen LogP contribution in [-0.2, 0) is 0 Å². The highest BCUT2D eigenvalue weighted by atomic mass is 79.9. The first-order chi connectivity index (χ1) is 7.97. The molecule has 0 aliphatic heterocycles. The fraction of sp³-hybridized carbons (Fsp3) is 0.0833. The molecule has 0 saturated heterocycles. The van der Waals surface area contributed by atoms with Gasteiger partial charge < -0.3 is 0 Å². The van der Waals surface area contributed by atoms with Crippen LogP contribution in [0.3, 0.4) is 0 Å². The van der Waals surface area contributed by atoms with Crippen molar-refractivity contribution in [2.45, 2.75) is 6.92 Å². The van der Waals surface area contributed by atoms with Gasteiger partial charge in [0.1, 0.15) is 0 Å². The van der Waals surface area contributed by atoms with Crippen LogP contribution in [0.25, 0.3) is 0 Å². The van der Waals surface area contributed by atoms with Crippen molar-refractivity contribution in [3.8, 4) is 0 Å². The van der Waals surface area contributed by atoms with E-state index in [0.717, 1.165) is 13.1 Å². The molecule has 1 aromatic carbocycles. The van der Waals surface area contributed by atoms with Gasteiger partial charge in [-0.15, -0.1) is 11.3 Å². The molecule has 0 unspecified atom stereocenters. The number of hydrogen-bond acceptors (Lipinski definition) is 2. The molecule has 1 aromatic heterocycles. The van der Waals surface area contributed by atoms with Crippen LogP contribution in [0.2, 0.25) is 5.02 Å². The van der Waals surface area contributed by atoms with Crippen LogP contribution in [0.1, 0.15) is 21.5 Å². The molecule has 0 saturated carbocycles. The number of rotatable bonds is 2. The van der Waals surface area contributed by atoms with E-state index >= 15 is 0 Å². The van der Waals surface area contributed by atoms with Gasteiger partial charge in [0, 0.05) is 16.1 Å². The fourth-order valence-electron chi connectivity index (χ4n) is 1.52. The van der Waals surface area contributed by atoms with Crippen LogP contribution < -0.4 is 0 Å². The highest BCUT2D eigenvalue weighted by molar-refractivity contribution is 9.12. The maximum Gasteiger partial charge on any atom is 0.195 e. The molecule has 2 rings (SSSR count). The standard InChI is InChI=1S/C12H7Br2ClOS/c1-6-2-7(4-8(15)3-6)11(16)9-5-10(13)17-12(9)14/h2-5H,1H3. The molecule has 17 heavy (non-hydrogen) atoms. The maximum absolute atomic E-state index is 12.3. The van der Waals surface area contributed by atoms with Crippen LogP contribution in [0.5, 0.6) is 0 Å². The molecule has 0 radical (unpaired) electrons. The van der Waals surface area contributed by atoms with Crippen LogP contribution in [0.15, 0.2) is 31.8 Å². The van der Waals surface area contributed by atoms with Gasteiger partial charge in [-0.25, -0.2) is 0 Å². The summed E-state index contributed by atoms with van der Waals surface area (Å²) in [6, 6.07) is 7.17. The highest BCUT2D eigenvalue weighted by Gasteiger charge is 2.16. The molecule has 0 bridgehead atoms. The third kappa shape index (κ3) is 2.99. The first kappa shape index (κ1) is 13.3. The first-order valence-electron chi connectivity index (χ1n) is 4.74. The number of ketones is 1. The Labute approximate surface area is 125 Å². The lowest BCUT2D eigenvalue weighted by atomic mass is 10.0. The minimum atomic E-state index is -0.0237. The van der Waals surface area contributed by atoms with Crippen molar-refractivity contribution in [1.29, 1.82) is 0 Å². The molecule has 0 aliphatic carbocycles. The Balaban J connectivity index is 2.47. The number of carbonyl (C=O) groups excluding carboxylic acids is 1. The van der Waals surface area contributed by atoms with Gasteiger partial charge in [-0.1, -0.05) is 11.6 Å². The molecule has 0 spiro atoms. The summed E-state index contributed by atoms with van der Waals surface area (Å²) in [4.78, 5) is 12.3.